The van der Waals surface area contributed by atoms with Gasteiger partial charge in [0.2, 0.25) is 0 Å². The van der Waals surface area contributed by atoms with Gasteiger partial charge < -0.3 is 15.0 Å². The maximum absolute atomic E-state index is 13.7. The second kappa shape index (κ2) is 7.50. The van der Waals surface area contributed by atoms with Crippen molar-refractivity contribution in [2.24, 2.45) is 14.1 Å². The van der Waals surface area contributed by atoms with E-state index in [1.165, 1.54) is 11.6 Å². The fourth-order valence-electron chi connectivity index (χ4n) is 5.20. The van der Waals surface area contributed by atoms with E-state index in [2.05, 4.69) is 16.0 Å². The van der Waals surface area contributed by atoms with Crippen molar-refractivity contribution in [2.75, 3.05) is 5.32 Å². The summed E-state index contributed by atoms with van der Waals surface area (Å²) in [6.07, 6.45) is 0. The van der Waals surface area contributed by atoms with Gasteiger partial charge in [0.15, 0.2) is 0 Å². The van der Waals surface area contributed by atoms with Gasteiger partial charge in [0.05, 0.1) is 39.7 Å². The molecule has 3 heterocycles. The number of phenolic OH excluding ortho intramolecular Hbond substituents is 1. The van der Waals surface area contributed by atoms with E-state index in [0.717, 1.165) is 39.5 Å². The smallest absolute Gasteiger partial charge is 0.331 e. The fraction of sp³-hybridized carbons (Fsp3) is 0.143. The average molecular weight is 465 g/mol. The van der Waals surface area contributed by atoms with Crippen molar-refractivity contribution >= 4 is 16.6 Å². The summed E-state index contributed by atoms with van der Waals surface area (Å²) >= 11 is 0. The summed E-state index contributed by atoms with van der Waals surface area (Å²) < 4.78 is 4.84. The van der Waals surface area contributed by atoms with E-state index >= 15 is 0 Å². The fourth-order valence-corrected chi connectivity index (χ4v) is 5.20. The standard InChI is InChI=1S/C28H24N4O3/c1-16-7-6-8-18(15-16)24-22-25(30(2)28(35)31(3)27(22)34)26-23(17-11-13-19(33)14-12-17)29-20-9-4-5-10-21(20)32(24)26/h4-15,23,29,33H,1-3H3. The molecule has 0 saturated heterocycles. The highest BCUT2D eigenvalue weighted by atomic mass is 16.3. The molecular weight excluding hydrogens is 440 g/mol. The van der Waals surface area contributed by atoms with Gasteiger partial charge in [0.25, 0.3) is 5.56 Å². The zero-order valence-corrected chi connectivity index (χ0v) is 19.6. The van der Waals surface area contributed by atoms with Crippen LogP contribution in [0.2, 0.25) is 0 Å². The van der Waals surface area contributed by atoms with Gasteiger partial charge in [-0.05, 0) is 48.4 Å². The minimum Gasteiger partial charge on any atom is -0.508 e. The summed E-state index contributed by atoms with van der Waals surface area (Å²) in [6.45, 7) is 2.02. The van der Waals surface area contributed by atoms with Gasteiger partial charge in [-0.25, -0.2) is 4.79 Å². The Kier molecular flexibility index (Phi) is 4.51. The molecule has 0 bridgehead atoms. The lowest BCUT2D eigenvalue weighted by Gasteiger charge is -2.31. The van der Waals surface area contributed by atoms with Crippen LogP contribution in [0.25, 0.3) is 27.8 Å². The van der Waals surface area contributed by atoms with Crippen LogP contribution in [-0.4, -0.2) is 18.8 Å². The molecule has 0 aliphatic carbocycles. The number of hydrogen-bond donors (Lipinski definition) is 2. The Morgan fingerprint density at radius 2 is 1.63 bits per heavy atom. The van der Waals surface area contributed by atoms with E-state index in [1.807, 2.05) is 61.5 Å². The van der Waals surface area contributed by atoms with Crippen LogP contribution >= 0.6 is 0 Å². The third-order valence-corrected chi connectivity index (χ3v) is 6.84. The molecule has 35 heavy (non-hydrogen) atoms. The van der Waals surface area contributed by atoms with Crippen molar-refractivity contribution in [3.63, 3.8) is 0 Å². The van der Waals surface area contributed by atoms with Crippen molar-refractivity contribution in [3.05, 3.63) is 110 Å². The van der Waals surface area contributed by atoms with Crippen LogP contribution in [0.4, 0.5) is 5.69 Å². The van der Waals surface area contributed by atoms with Crippen molar-refractivity contribution in [1.82, 2.24) is 13.7 Å². The SMILES string of the molecule is Cc1cccc(-c2c3c(=O)n(C)c(=O)n(C)c3c3n2-c2ccccc2NC3c2ccc(O)cc2)c1. The molecule has 0 spiro atoms. The van der Waals surface area contributed by atoms with Crippen LogP contribution in [0.1, 0.15) is 22.9 Å². The number of nitrogens with one attached hydrogen (secondary N) is 1. The van der Waals surface area contributed by atoms with E-state index in [9.17, 15) is 14.7 Å². The van der Waals surface area contributed by atoms with Gasteiger partial charge in [-0.15, -0.1) is 0 Å². The van der Waals surface area contributed by atoms with Gasteiger partial charge in [0, 0.05) is 14.1 Å². The first-order valence-corrected chi connectivity index (χ1v) is 11.4. The number of fused-ring (bicyclic) bond motifs is 5. The zero-order chi connectivity index (χ0) is 24.4. The minimum absolute atomic E-state index is 0.173. The second-order valence-corrected chi connectivity index (χ2v) is 9.05. The summed E-state index contributed by atoms with van der Waals surface area (Å²) in [4.78, 5) is 26.8. The second-order valence-electron chi connectivity index (χ2n) is 9.05. The Balaban J connectivity index is 1.86. The largest absolute Gasteiger partial charge is 0.508 e. The molecule has 174 valence electrons. The summed E-state index contributed by atoms with van der Waals surface area (Å²) in [5.41, 5.74) is 6.14. The number of nitrogens with zero attached hydrogens (tertiary/aromatic N) is 3. The maximum atomic E-state index is 13.7. The maximum Gasteiger partial charge on any atom is 0.331 e. The normalized spacial score (nSPS) is 14.4. The van der Waals surface area contributed by atoms with Gasteiger partial charge in [-0.1, -0.05) is 48.0 Å². The molecule has 0 fully saturated rings. The molecule has 0 amide bonds. The molecule has 1 atom stereocenters. The summed E-state index contributed by atoms with van der Waals surface area (Å²) in [6, 6.07) is 22.7. The number of aromatic hydroxyl groups is 1. The summed E-state index contributed by atoms with van der Waals surface area (Å²) in [7, 11) is 3.23. The molecule has 0 saturated carbocycles. The zero-order valence-electron chi connectivity index (χ0n) is 19.6. The van der Waals surface area contributed by atoms with Gasteiger partial charge in [-0.3, -0.25) is 13.9 Å². The van der Waals surface area contributed by atoms with Crippen LogP contribution < -0.4 is 16.6 Å². The Hall–Kier alpha value is -4.52. The number of benzene rings is 3. The van der Waals surface area contributed by atoms with Crippen LogP contribution in [0.5, 0.6) is 5.75 Å². The molecule has 2 N–H and O–H groups in total. The molecule has 6 rings (SSSR count). The Labute approximate surface area is 201 Å². The molecular formula is C28H24N4O3. The van der Waals surface area contributed by atoms with Crippen molar-refractivity contribution < 1.29 is 5.11 Å². The Bertz CT molecular complexity index is 1760. The van der Waals surface area contributed by atoms with E-state index < -0.39 is 0 Å². The van der Waals surface area contributed by atoms with Gasteiger partial charge in [0.1, 0.15) is 5.75 Å². The van der Waals surface area contributed by atoms with Gasteiger partial charge >= 0.3 is 5.69 Å². The Morgan fingerprint density at radius 3 is 2.37 bits per heavy atom. The monoisotopic (exact) mass is 464 g/mol. The summed E-state index contributed by atoms with van der Waals surface area (Å²) in [5.74, 6) is 0.173. The van der Waals surface area contributed by atoms with E-state index in [0.29, 0.717) is 10.9 Å². The Morgan fingerprint density at radius 1 is 0.886 bits per heavy atom. The minimum atomic E-state index is -0.380. The summed E-state index contributed by atoms with van der Waals surface area (Å²) in [5, 5.41) is 14.0. The third-order valence-electron chi connectivity index (χ3n) is 6.84. The molecule has 3 aromatic carbocycles. The molecule has 5 aromatic rings. The molecule has 1 aliphatic rings. The predicted molar refractivity (Wildman–Crippen MR) is 138 cm³/mol. The topological polar surface area (TPSA) is 81.2 Å². The van der Waals surface area contributed by atoms with Crippen molar-refractivity contribution in [1.29, 1.82) is 0 Å². The highest BCUT2D eigenvalue weighted by Crippen LogP contribution is 2.45. The molecule has 1 aliphatic heterocycles. The van der Waals surface area contributed by atoms with Crippen molar-refractivity contribution in [3.8, 4) is 22.7 Å². The number of hydrogen-bond acceptors (Lipinski definition) is 4. The first-order valence-electron chi connectivity index (χ1n) is 11.4. The van der Waals surface area contributed by atoms with E-state index in [1.54, 1.807) is 23.7 Å². The molecule has 7 nitrogen and oxygen atoms in total. The molecule has 2 aromatic heterocycles. The van der Waals surface area contributed by atoms with Crippen LogP contribution in [0.15, 0.2) is 82.4 Å². The lowest BCUT2D eigenvalue weighted by molar-refractivity contribution is 0.475. The van der Waals surface area contributed by atoms with Crippen LogP contribution in [-0.2, 0) is 14.1 Å². The highest BCUT2D eigenvalue weighted by molar-refractivity contribution is 5.99. The van der Waals surface area contributed by atoms with Gasteiger partial charge in [-0.2, -0.15) is 0 Å². The number of phenols is 1. The number of anilines is 1. The predicted octanol–water partition coefficient (Wildman–Crippen LogP) is 4.22. The third kappa shape index (κ3) is 2.98. The lowest BCUT2D eigenvalue weighted by atomic mass is 9.99. The first-order chi connectivity index (χ1) is 16.9. The van der Waals surface area contributed by atoms with Crippen LogP contribution in [0.3, 0.4) is 0 Å². The van der Waals surface area contributed by atoms with Crippen molar-refractivity contribution in [2.45, 2.75) is 13.0 Å². The van der Waals surface area contributed by atoms with E-state index in [-0.39, 0.29) is 23.0 Å². The first kappa shape index (κ1) is 21.0. The lowest BCUT2D eigenvalue weighted by Crippen LogP contribution is -2.37. The number of para-hydroxylation sites is 2. The number of aryl methyl sites for hydroxylation is 2. The average Bonchev–Trinajstić information content (AvgIpc) is 3.23. The quantitative estimate of drug-likeness (QED) is 0.410. The molecule has 7 heteroatoms. The molecule has 1 unspecified atom stereocenters. The highest BCUT2D eigenvalue weighted by Gasteiger charge is 2.34. The van der Waals surface area contributed by atoms with Crippen LogP contribution in [0, 0.1) is 6.92 Å². The number of aromatic nitrogens is 3. The van der Waals surface area contributed by atoms with E-state index in [4.69, 9.17) is 0 Å². The number of rotatable bonds is 2. The molecule has 0 radical (unpaired) electrons.